The smallest absolute Gasteiger partial charge is 0.309 e. The van der Waals surface area contributed by atoms with Crippen molar-refractivity contribution in [1.82, 2.24) is 9.80 Å². The highest BCUT2D eigenvalue weighted by Crippen LogP contribution is 2.38. The standard InChI is InChI=1S/C48H80N2O16/c1-14-37(53)64-46-31(6)60-40(26-48(46,8)56)65-43-30(5)61-47(42(55)41(43)50(11)12)66-44-33(22-23-51)24-27(2)35(63-39-21-20-34(49(9)10)29(4)59-39)19-17-15-16-18-28(3)58-38(54)25-36(45(44)57-13)62-32(7)52/h15-17,19,23,27-31,33-36,39-47,55-56H,14,18,20-22,24-26H2,1-13H3/b16-15+,19-17+/t27-,28-,29-,30-,31+,33?,34+,35+,36?,39+,40+,41-,42-,43-,44+,45+,46+,47+,48-/m1/s1. The van der Waals surface area contributed by atoms with Crippen molar-refractivity contribution < 1.29 is 76.8 Å². The minimum absolute atomic E-state index is 0.0427. The first kappa shape index (κ1) is 55.7. The van der Waals surface area contributed by atoms with Crippen LogP contribution in [0.5, 0.6) is 0 Å². The van der Waals surface area contributed by atoms with Crippen molar-refractivity contribution in [2.75, 3.05) is 35.3 Å². The topological polar surface area (TPSA) is 208 Å². The normalized spacial score (nSPS) is 42.0. The number of hydrogen-bond donors (Lipinski definition) is 2. The van der Waals surface area contributed by atoms with Crippen LogP contribution in [0.25, 0.3) is 0 Å². The summed E-state index contributed by atoms with van der Waals surface area (Å²) in [5, 5.41) is 23.7. The average Bonchev–Trinajstić information content (AvgIpc) is 3.21. The van der Waals surface area contributed by atoms with Crippen molar-refractivity contribution in [3.63, 3.8) is 0 Å². The fourth-order valence-electron chi connectivity index (χ4n) is 9.84. The van der Waals surface area contributed by atoms with E-state index in [0.717, 1.165) is 12.7 Å². The Morgan fingerprint density at radius 3 is 2.18 bits per heavy atom. The number of rotatable bonds is 14. The van der Waals surface area contributed by atoms with Gasteiger partial charge in [-0.3, -0.25) is 14.4 Å². The summed E-state index contributed by atoms with van der Waals surface area (Å²) in [6, 6.07) is -0.545. The Hall–Kier alpha value is -2.88. The van der Waals surface area contributed by atoms with Gasteiger partial charge in [0.05, 0.1) is 43.0 Å². The highest BCUT2D eigenvalue weighted by Gasteiger charge is 2.53. The maximum absolute atomic E-state index is 13.5. The first-order valence-electron chi connectivity index (χ1n) is 23.6. The fraction of sp³-hybridized carbons (Fsp3) is 0.833. The second-order valence-electron chi connectivity index (χ2n) is 19.2. The SMILES string of the molecule is CCC(=O)O[C@H]1[C@H](C)O[C@@H](O[C@H]2[C@H](N(C)C)[C@@H](O)[C@H](O[C@H]3C(CC=O)C[C@@H](C)[C@@H](O[C@H]4CC[C@H](N(C)C)[C@@H](C)O4)/C=C/C=C/C[C@@H](C)OC(=O)CC(OC(C)=O)[C@@H]3OC)O[C@@H]2C)C[C@@]1(C)O. The molecule has 3 fully saturated rings. The van der Waals surface area contributed by atoms with Crippen LogP contribution in [0.2, 0.25) is 0 Å². The highest BCUT2D eigenvalue weighted by molar-refractivity contribution is 5.72. The Morgan fingerprint density at radius 1 is 0.894 bits per heavy atom. The number of carbonyl (C=O) groups excluding carboxylic acids is 4. The van der Waals surface area contributed by atoms with Crippen LogP contribution in [-0.2, 0) is 66.5 Å². The van der Waals surface area contributed by atoms with Crippen LogP contribution in [0.15, 0.2) is 24.3 Å². The van der Waals surface area contributed by atoms with Crippen LogP contribution in [0.4, 0.5) is 0 Å². The summed E-state index contributed by atoms with van der Waals surface area (Å²) >= 11 is 0. The predicted octanol–water partition coefficient (Wildman–Crippen LogP) is 3.86. The van der Waals surface area contributed by atoms with Crippen LogP contribution in [0.1, 0.15) is 107 Å². The molecule has 0 saturated carbocycles. The van der Waals surface area contributed by atoms with Crippen LogP contribution < -0.4 is 0 Å². The number of carbonyl (C=O) groups is 4. The van der Waals surface area contributed by atoms with E-state index in [-0.39, 0.29) is 37.3 Å². The molecular formula is C48H80N2O16. The van der Waals surface area contributed by atoms with Gasteiger partial charge >= 0.3 is 17.9 Å². The van der Waals surface area contributed by atoms with Crippen molar-refractivity contribution in [3.8, 4) is 0 Å². The van der Waals surface area contributed by atoms with E-state index in [1.54, 1.807) is 53.6 Å². The molecule has 4 heterocycles. The molecule has 18 heteroatoms. The third kappa shape index (κ3) is 15.3. The number of nitrogens with zero attached hydrogens (tertiary/aromatic N) is 2. The largest absolute Gasteiger partial charge is 0.462 e. The van der Waals surface area contributed by atoms with E-state index in [4.69, 9.17) is 47.4 Å². The molecule has 3 saturated heterocycles. The lowest BCUT2D eigenvalue weighted by Gasteiger charge is -2.50. The average molecular weight is 941 g/mol. The zero-order chi connectivity index (χ0) is 49.0. The molecule has 0 aliphatic carbocycles. The Bertz CT molecular complexity index is 1610. The van der Waals surface area contributed by atoms with Gasteiger partial charge in [-0.25, -0.2) is 0 Å². The quantitative estimate of drug-likeness (QED) is 0.144. The molecule has 66 heavy (non-hydrogen) atoms. The number of cyclic esters (lactones) is 1. The molecule has 0 aromatic heterocycles. The van der Waals surface area contributed by atoms with Crippen LogP contribution >= 0.6 is 0 Å². The predicted molar refractivity (Wildman–Crippen MR) is 241 cm³/mol. The molecule has 18 nitrogen and oxygen atoms in total. The van der Waals surface area contributed by atoms with E-state index in [1.165, 1.54) is 14.0 Å². The van der Waals surface area contributed by atoms with Gasteiger partial charge in [-0.05, 0) is 93.9 Å². The van der Waals surface area contributed by atoms with Crippen molar-refractivity contribution in [2.24, 2.45) is 11.8 Å². The van der Waals surface area contributed by atoms with Gasteiger partial charge in [-0.1, -0.05) is 38.2 Å². The summed E-state index contributed by atoms with van der Waals surface area (Å²) < 4.78 is 62.3. The van der Waals surface area contributed by atoms with Crippen molar-refractivity contribution in [3.05, 3.63) is 24.3 Å². The zero-order valence-corrected chi connectivity index (χ0v) is 41.4. The van der Waals surface area contributed by atoms with Crippen molar-refractivity contribution >= 4 is 24.2 Å². The number of ether oxygens (including phenoxy) is 10. The maximum atomic E-state index is 13.5. The molecule has 0 amide bonds. The highest BCUT2D eigenvalue weighted by atomic mass is 16.7. The number of aliphatic hydroxyl groups excluding tert-OH is 1. The Labute approximate surface area is 391 Å². The summed E-state index contributed by atoms with van der Waals surface area (Å²) in [6.07, 6.45) is -1.78. The van der Waals surface area contributed by atoms with Gasteiger partial charge < -0.3 is 72.2 Å². The lowest BCUT2D eigenvalue weighted by atomic mass is 9.82. The molecule has 4 aliphatic rings. The lowest BCUT2D eigenvalue weighted by Crippen LogP contribution is -2.66. The zero-order valence-electron chi connectivity index (χ0n) is 41.4. The maximum Gasteiger partial charge on any atom is 0.309 e. The third-order valence-electron chi connectivity index (χ3n) is 13.2. The molecule has 4 rings (SSSR count). The summed E-state index contributed by atoms with van der Waals surface area (Å²) in [4.78, 5) is 55.0. The molecule has 2 unspecified atom stereocenters. The Morgan fingerprint density at radius 2 is 1.59 bits per heavy atom. The van der Waals surface area contributed by atoms with Crippen LogP contribution in [0, 0.1) is 11.8 Å². The fourth-order valence-corrected chi connectivity index (χ4v) is 9.84. The lowest BCUT2D eigenvalue weighted by molar-refractivity contribution is -0.344. The van der Waals surface area contributed by atoms with E-state index in [2.05, 4.69) is 4.90 Å². The van der Waals surface area contributed by atoms with Gasteiger partial charge in [0.25, 0.3) is 0 Å². The third-order valence-corrected chi connectivity index (χ3v) is 13.2. The van der Waals surface area contributed by atoms with Crippen molar-refractivity contribution in [2.45, 2.75) is 210 Å². The van der Waals surface area contributed by atoms with Gasteiger partial charge in [0.1, 0.15) is 42.4 Å². The van der Waals surface area contributed by atoms with Crippen molar-refractivity contribution in [1.29, 1.82) is 0 Å². The molecule has 0 aromatic rings. The molecule has 2 N–H and O–H groups in total. The molecule has 0 radical (unpaired) electrons. The number of methoxy groups -OCH3 is 1. The number of likely N-dealkylation sites (N-methyl/N-ethyl adjacent to an activating group) is 2. The number of hydrogen-bond acceptors (Lipinski definition) is 18. The van der Waals surface area contributed by atoms with Gasteiger partial charge in [0, 0.05) is 45.8 Å². The summed E-state index contributed by atoms with van der Waals surface area (Å²) in [7, 11) is 9.00. The summed E-state index contributed by atoms with van der Waals surface area (Å²) in [5.74, 6) is -2.72. The molecule has 0 spiro atoms. The van der Waals surface area contributed by atoms with Gasteiger partial charge in [0.15, 0.2) is 25.0 Å². The number of allylic oxidation sites excluding steroid dienone is 2. The Kier molecular flexibility index (Phi) is 21.7. The molecular weight excluding hydrogens is 861 g/mol. The second kappa shape index (κ2) is 25.6. The molecule has 0 aromatic carbocycles. The van der Waals surface area contributed by atoms with Gasteiger partial charge in [0.2, 0.25) is 0 Å². The molecule has 19 atom stereocenters. The van der Waals surface area contributed by atoms with Crippen LogP contribution in [-0.4, -0.2) is 183 Å². The molecule has 378 valence electrons. The van der Waals surface area contributed by atoms with Crippen LogP contribution in [0.3, 0.4) is 0 Å². The van der Waals surface area contributed by atoms with E-state index >= 15 is 0 Å². The number of aldehydes is 1. The van der Waals surface area contributed by atoms with E-state index in [9.17, 15) is 29.4 Å². The first-order valence-corrected chi connectivity index (χ1v) is 23.6. The second-order valence-corrected chi connectivity index (χ2v) is 19.2. The van der Waals surface area contributed by atoms with E-state index < -0.39 is 122 Å². The van der Waals surface area contributed by atoms with E-state index in [1.807, 2.05) is 52.2 Å². The molecule has 0 bridgehead atoms. The number of esters is 3. The van der Waals surface area contributed by atoms with E-state index in [0.29, 0.717) is 19.3 Å². The summed E-state index contributed by atoms with van der Waals surface area (Å²) in [5.41, 5.74) is -1.50. The monoisotopic (exact) mass is 941 g/mol. The van der Waals surface area contributed by atoms with Gasteiger partial charge in [-0.2, -0.15) is 0 Å². The number of aliphatic hydroxyl groups is 2. The minimum atomic E-state index is -1.50. The molecule has 4 aliphatic heterocycles. The summed E-state index contributed by atoms with van der Waals surface area (Å²) in [6.45, 7) is 13.7. The van der Waals surface area contributed by atoms with Gasteiger partial charge in [-0.15, -0.1) is 0 Å². The minimum Gasteiger partial charge on any atom is -0.462 e. The Balaban J connectivity index is 1.71. The first-order chi connectivity index (χ1) is 31.1.